The second-order valence-electron chi connectivity index (χ2n) is 5.37. The highest BCUT2D eigenvalue weighted by molar-refractivity contribution is 7.98. The molecule has 0 aliphatic carbocycles. The Kier molecular flexibility index (Phi) is 5.08. The van der Waals surface area contributed by atoms with E-state index >= 15 is 0 Å². The van der Waals surface area contributed by atoms with Crippen LogP contribution in [-0.4, -0.2) is 27.5 Å². The highest BCUT2D eigenvalue weighted by Gasteiger charge is 2.16. The van der Waals surface area contributed by atoms with E-state index in [2.05, 4.69) is 20.4 Å². The summed E-state index contributed by atoms with van der Waals surface area (Å²) < 4.78 is 16.7. The Morgan fingerprint density at radius 2 is 1.78 bits per heavy atom. The van der Waals surface area contributed by atoms with Crippen LogP contribution in [-0.2, 0) is 5.75 Å². The van der Waals surface area contributed by atoms with Gasteiger partial charge in [0, 0.05) is 10.6 Å². The number of rotatable bonds is 6. The van der Waals surface area contributed by atoms with E-state index in [4.69, 9.17) is 25.2 Å². The number of ether oxygens (including phenoxy) is 1. The predicted molar refractivity (Wildman–Crippen MR) is 101 cm³/mol. The van der Waals surface area contributed by atoms with Crippen LogP contribution in [0.15, 0.2) is 62.6 Å². The minimum Gasteiger partial charge on any atom is -0.496 e. The standard InChI is InChI=1S/C18H13ClN4O3S/c1-24-14-8-7-12(19)9-13(14)17-22-23-18(26-17)27-10-15-20-21-16(25-15)11-5-3-2-4-6-11/h2-9H,10H2,1H3. The van der Waals surface area contributed by atoms with Crippen LogP contribution in [0.4, 0.5) is 0 Å². The van der Waals surface area contributed by atoms with E-state index in [1.54, 1.807) is 25.3 Å². The summed E-state index contributed by atoms with van der Waals surface area (Å²) in [7, 11) is 1.57. The molecule has 0 saturated heterocycles. The lowest BCUT2D eigenvalue weighted by atomic mass is 10.2. The number of benzene rings is 2. The number of methoxy groups -OCH3 is 1. The molecular formula is C18H13ClN4O3S. The average Bonchev–Trinajstić information content (AvgIpc) is 3.37. The van der Waals surface area contributed by atoms with Gasteiger partial charge in [-0.1, -0.05) is 41.6 Å². The van der Waals surface area contributed by atoms with Gasteiger partial charge in [0.15, 0.2) is 0 Å². The molecule has 0 radical (unpaired) electrons. The molecule has 0 aliphatic rings. The summed E-state index contributed by atoms with van der Waals surface area (Å²) in [5, 5.41) is 17.1. The van der Waals surface area contributed by atoms with Crippen molar-refractivity contribution in [2.45, 2.75) is 11.0 Å². The lowest BCUT2D eigenvalue weighted by molar-refractivity contribution is 0.411. The molecular weight excluding hydrogens is 388 g/mol. The average molecular weight is 401 g/mol. The fourth-order valence-electron chi connectivity index (χ4n) is 2.36. The van der Waals surface area contributed by atoms with Gasteiger partial charge in [0.2, 0.25) is 11.8 Å². The second kappa shape index (κ2) is 7.81. The number of nitrogens with zero attached hydrogens (tertiary/aromatic N) is 4. The van der Waals surface area contributed by atoms with Crippen LogP contribution < -0.4 is 4.74 Å². The molecule has 2 aromatic heterocycles. The number of halogens is 1. The van der Waals surface area contributed by atoms with Crippen molar-refractivity contribution in [1.82, 2.24) is 20.4 Å². The lowest BCUT2D eigenvalue weighted by Gasteiger charge is -2.04. The third-order valence-electron chi connectivity index (χ3n) is 3.61. The predicted octanol–water partition coefficient (Wildman–Crippen LogP) is 4.74. The SMILES string of the molecule is COc1ccc(Cl)cc1-c1nnc(SCc2nnc(-c3ccccc3)o2)o1. The Balaban J connectivity index is 1.46. The van der Waals surface area contributed by atoms with Crippen molar-refractivity contribution in [3.8, 4) is 28.7 Å². The number of thioether (sulfide) groups is 1. The number of aromatic nitrogens is 4. The molecule has 0 amide bonds. The molecule has 9 heteroatoms. The van der Waals surface area contributed by atoms with Crippen LogP contribution in [0, 0.1) is 0 Å². The van der Waals surface area contributed by atoms with Gasteiger partial charge in [0.05, 0.1) is 18.4 Å². The maximum Gasteiger partial charge on any atom is 0.277 e. The summed E-state index contributed by atoms with van der Waals surface area (Å²) >= 11 is 7.35. The van der Waals surface area contributed by atoms with E-state index in [9.17, 15) is 0 Å². The molecule has 0 saturated carbocycles. The third kappa shape index (κ3) is 3.96. The molecule has 2 heterocycles. The Bertz CT molecular complexity index is 1050. The van der Waals surface area contributed by atoms with Crippen LogP contribution in [0.2, 0.25) is 5.02 Å². The molecule has 0 bridgehead atoms. The number of hydrogen-bond donors (Lipinski definition) is 0. The topological polar surface area (TPSA) is 87.1 Å². The van der Waals surface area contributed by atoms with Crippen LogP contribution in [0.3, 0.4) is 0 Å². The zero-order chi connectivity index (χ0) is 18.6. The first-order valence-corrected chi connectivity index (χ1v) is 9.27. The number of hydrogen-bond acceptors (Lipinski definition) is 8. The summed E-state index contributed by atoms with van der Waals surface area (Å²) in [6.07, 6.45) is 0. The Labute approximate surface area is 163 Å². The van der Waals surface area contributed by atoms with Crippen LogP contribution >= 0.6 is 23.4 Å². The lowest BCUT2D eigenvalue weighted by Crippen LogP contribution is -1.87. The fourth-order valence-corrected chi connectivity index (χ4v) is 3.13. The van der Waals surface area contributed by atoms with E-state index in [1.165, 1.54) is 11.8 Å². The molecule has 27 heavy (non-hydrogen) atoms. The van der Waals surface area contributed by atoms with E-state index in [0.717, 1.165) is 5.56 Å². The van der Waals surface area contributed by atoms with Gasteiger partial charge in [0.25, 0.3) is 11.1 Å². The monoisotopic (exact) mass is 400 g/mol. The molecule has 2 aromatic carbocycles. The Hall–Kier alpha value is -2.84. The highest BCUT2D eigenvalue weighted by Crippen LogP contribution is 2.33. The van der Waals surface area contributed by atoms with Gasteiger partial charge in [0.1, 0.15) is 5.75 Å². The van der Waals surface area contributed by atoms with E-state index in [-0.39, 0.29) is 0 Å². The zero-order valence-electron chi connectivity index (χ0n) is 14.1. The first-order valence-electron chi connectivity index (χ1n) is 7.91. The van der Waals surface area contributed by atoms with Gasteiger partial charge in [-0.25, -0.2) is 0 Å². The molecule has 0 fully saturated rings. The van der Waals surface area contributed by atoms with Crippen molar-refractivity contribution < 1.29 is 13.6 Å². The highest BCUT2D eigenvalue weighted by atomic mass is 35.5. The quantitative estimate of drug-likeness (QED) is 0.429. The normalized spacial score (nSPS) is 10.9. The van der Waals surface area contributed by atoms with Crippen molar-refractivity contribution >= 4 is 23.4 Å². The maximum atomic E-state index is 6.05. The van der Waals surface area contributed by atoms with Crippen molar-refractivity contribution in [2.24, 2.45) is 0 Å². The van der Waals surface area contributed by atoms with Gasteiger partial charge in [-0.2, -0.15) is 0 Å². The largest absolute Gasteiger partial charge is 0.496 e. The first kappa shape index (κ1) is 17.6. The van der Waals surface area contributed by atoms with Gasteiger partial charge in [-0.05, 0) is 30.3 Å². The molecule has 0 spiro atoms. The van der Waals surface area contributed by atoms with Crippen molar-refractivity contribution in [3.05, 3.63) is 59.4 Å². The molecule has 4 rings (SSSR count). The summed E-state index contributed by atoms with van der Waals surface area (Å²) in [6.45, 7) is 0. The molecule has 0 atom stereocenters. The van der Waals surface area contributed by atoms with Gasteiger partial charge in [-0.3, -0.25) is 0 Å². The minimum atomic E-state index is 0.326. The van der Waals surface area contributed by atoms with Gasteiger partial charge in [-0.15, -0.1) is 20.4 Å². The molecule has 0 aliphatic heterocycles. The smallest absolute Gasteiger partial charge is 0.277 e. The maximum absolute atomic E-state index is 6.05. The Morgan fingerprint density at radius 1 is 0.963 bits per heavy atom. The molecule has 0 N–H and O–H groups in total. The van der Waals surface area contributed by atoms with E-state index in [1.807, 2.05) is 30.3 Å². The summed E-state index contributed by atoms with van der Waals surface area (Å²) in [5.41, 5.74) is 1.50. The summed E-state index contributed by atoms with van der Waals surface area (Å²) in [6, 6.07) is 14.8. The van der Waals surface area contributed by atoms with Crippen molar-refractivity contribution in [1.29, 1.82) is 0 Å². The minimum absolute atomic E-state index is 0.326. The van der Waals surface area contributed by atoms with Crippen LogP contribution in [0.1, 0.15) is 5.89 Å². The van der Waals surface area contributed by atoms with Gasteiger partial charge < -0.3 is 13.6 Å². The van der Waals surface area contributed by atoms with E-state index < -0.39 is 0 Å². The zero-order valence-corrected chi connectivity index (χ0v) is 15.7. The van der Waals surface area contributed by atoms with E-state index in [0.29, 0.717) is 45.0 Å². The van der Waals surface area contributed by atoms with Crippen LogP contribution in [0.5, 0.6) is 5.75 Å². The molecule has 7 nitrogen and oxygen atoms in total. The Morgan fingerprint density at radius 3 is 2.59 bits per heavy atom. The summed E-state index contributed by atoms with van der Waals surface area (Å²) in [5.74, 6) is 2.28. The second-order valence-corrected chi connectivity index (χ2v) is 6.74. The van der Waals surface area contributed by atoms with Crippen molar-refractivity contribution in [3.63, 3.8) is 0 Å². The fraction of sp³-hybridized carbons (Fsp3) is 0.111. The van der Waals surface area contributed by atoms with Crippen molar-refractivity contribution in [2.75, 3.05) is 7.11 Å². The molecule has 0 unspecified atom stereocenters. The first-order chi connectivity index (χ1) is 13.2. The third-order valence-corrected chi connectivity index (χ3v) is 4.64. The summed E-state index contributed by atoms with van der Waals surface area (Å²) in [4.78, 5) is 0. The molecule has 4 aromatic rings. The van der Waals surface area contributed by atoms with Crippen LogP contribution in [0.25, 0.3) is 22.9 Å². The van der Waals surface area contributed by atoms with Gasteiger partial charge >= 0.3 is 0 Å². The molecule has 136 valence electrons.